The molecule has 0 aliphatic rings. The molecule has 2 nitrogen and oxygen atoms in total. The molecule has 0 amide bonds. The zero-order valence-corrected chi connectivity index (χ0v) is 11.2. The number of pyridine rings is 1. The summed E-state index contributed by atoms with van der Waals surface area (Å²) in [5.74, 6) is -0.828. The highest BCUT2D eigenvalue weighted by Gasteiger charge is 2.14. The van der Waals surface area contributed by atoms with Crippen molar-refractivity contribution in [3.63, 3.8) is 0 Å². The number of ketones is 1. The number of halogens is 1. The summed E-state index contributed by atoms with van der Waals surface area (Å²) in [6, 6.07) is 16.9. The van der Waals surface area contributed by atoms with Gasteiger partial charge in [-0.2, -0.15) is 0 Å². The first-order valence-electron chi connectivity index (χ1n) is 6.55. The molecule has 0 aliphatic heterocycles. The van der Waals surface area contributed by atoms with Gasteiger partial charge in [0.25, 0.3) is 0 Å². The molecular formula is C18H12FNO. The minimum atomic E-state index is -0.512. The van der Waals surface area contributed by atoms with E-state index in [1.807, 2.05) is 18.2 Å². The van der Waals surface area contributed by atoms with Crippen LogP contribution in [-0.2, 0) is 0 Å². The number of rotatable bonds is 3. The Morgan fingerprint density at radius 1 is 0.857 bits per heavy atom. The maximum atomic E-state index is 14.0. The molecule has 0 spiro atoms. The summed E-state index contributed by atoms with van der Waals surface area (Å²) < 4.78 is 14.0. The number of benzene rings is 2. The zero-order valence-electron chi connectivity index (χ0n) is 11.2. The second-order valence-electron chi connectivity index (χ2n) is 4.63. The number of hydrogen-bond acceptors (Lipinski definition) is 2. The number of carbonyl (C=O) groups excluding carboxylic acids is 1. The number of nitrogens with zero attached hydrogens (tertiary/aromatic N) is 1. The third kappa shape index (κ3) is 2.72. The highest BCUT2D eigenvalue weighted by molar-refractivity contribution is 6.09. The summed E-state index contributed by atoms with van der Waals surface area (Å²) in [5, 5.41) is 0. The Kier molecular flexibility index (Phi) is 3.56. The lowest BCUT2D eigenvalue weighted by molar-refractivity contribution is 0.103. The molecule has 0 aliphatic carbocycles. The van der Waals surface area contributed by atoms with Crippen LogP contribution in [0.5, 0.6) is 0 Å². The van der Waals surface area contributed by atoms with Gasteiger partial charge in [-0.15, -0.1) is 0 Å². The Bertz CT molecular complexity index is 770. The second-order valence-corrected chi connectivity index (χ2v) is 4.63. The molecule has 0 N–H and O–H groups in total. The molecule has 3 rings (SSSR count). The fraction of sp³-hybridized carbons (Fsp3) is 0. The highest BCUT2D eigenvalue weighted by Crippen LogP contribution is 2.23. The van der Waals surface area contributed by atoms with E-state index >= 15 is 0 Å². The summed E-state index contributed by atoms with van der Waals surface area (Å²) in [5.41, 5.74) is 2.24. The van der Waals surface area contributed by atoms with Gasteiger partial charge in [-0.25, -0.2) is 4.39 Å². The molecule has 0 fully saturated rings. The molecular weight excluding hydrogens is 265 g/mol. The van der Waals surface area contributed by atoms with Gasteiger partial charge < -0.3 is 0 Å². The van der Waals surface area contributed by atoms with Crippen molar-refractivity contribution in [2.24, 2.45) is 0 Å². The average molecular weight is 277 g/mol. The molecule has 102 valence electrons. The average Bonchev–Trinajstić information content (AvgIpc) is 2.56. The molecule has 0 unspecified atom stereocenters. The van der Waals surface area contributed by atoms with Crippen molar-refractivity contribution in [3.05, 3.63) is 90.0 Å². The van der Waals surface area contributed by atoms with E-state index in [2.05, 4.69) is 4.98 Å². The lowest BCUT2D eigenvalue weighted by Crippen LogP contribution is -2.04. The van der Waals surface area contributed by atoms with Crippen molar-refractivity contribution in [2.45, 2.75) is 0 Å². The SMILES string of the molecule is O=C(c1ccccc1)c1cc(-c2ccncc2)ccc1F. The van der Waals surface area contributed by atoms with Crippen molar-refractivity contribution in [1.82, 2.24) is 4.98 Å². The predicted octanol–water partition coefficient (Wildman–Crippen LogP) is 4.12. The fourth-order valence-corrected chi connectivity index (χ4v) is 2.17. The van der Waals surface area contributed by atoms with Crippen LogP contribution in [0, 0.1) is 5.82 Å². The van der Waals surface area contributed by atoms with Crippen LogP contribution < -0.4 is 0 Å². The van der Waals surface area contributed by atoms with Gasteiger partial charge in [-0.05, 0) is 35.4 Å². The van der Waals surface area contributed by atoms with Gasteiger partial charge in [0.05, 0.1) is 5.56 Å². The minimum Gasteiger partial charge on any atom is -0.288 e. The molecule has 1 aromatic heterocycles. The van der Waals surface area contributed by atoms with Gasteiger partial charge in [0, 0.05) is 18.0 Å². The van der Waals surface area contributed by atoms with E-state index in [-0.39, 0.29) is 11.3 Å². The maximum Gasteiger partial charge on any atom is 0.195 e. The van der Waals surface area contributed by atoms with E-state index in [1.54, 1.807) is 48.8 Å². The van der Waals surface area contributed by atoms with Crippen LogP contribution in [0.15, 0.2) is 73.1 Å². The first-order valence-corrected chi connectivity index (χ1v) is 6.55. The monoisotopic (exact) mass is 277 g/mol. The number of carbonyl (C=O) groups is 1. The van der Waals surface area contributed by atoms with Gasteiger partial charge in [0.15, 0.2) is 5.78 Å². The summed E-state index contributed by atoms with van der Waals surface area (Å²) in [7, 11) is 0. The summed E-state index contributed by atoms with van der Waals surface area (Å²) in [6.07, 6.45) is 3.33. The summed E-state index contributed by atoms with van der Waals surface area (Å²) in [6.45, 7) is 0. The number of aromatic nitrogens is 1. The van der Waals surface area contributed by atoms with Gasteiger partial charge in [-0.1, -0.05) is 36.4 Å². The van der Waals surface area contributed by atoms with Crippen LogP contribution >= 0.6 is 0 Å². The van der Waals surface area contributed by atoms with Crippen LogP contribution in [0.4, 0.5) is 4.39 Å². The normalized spacial score (nSPS) is 10.3. The molecule has 1 heterocycles. The van der Waals surface area contributed by atoms with Crippen LogP contribution in [0.3, 0.4) is 0 Å². The molecule has 2 aromatic carbocycles. The second kappa shape index (κ2) is 5.67. The zero-order chi connectivity index (χ0) is 14.7. The predicted molar refractivity (Wildman–Crippen MR) is 79.5 cm³/mol. The highest BCUT2D eigenvalue weighted by atomic mass is 19.1. The Hall–Kier alpha value is -2.81. The molecule has 0 radical (unpaired) electrons. The summed E-state index contributed by atoms with van der Waals surface area (Å²) >= 11 is 0. The van der Waals surface area contributed by atoms with Crippen molar-refractivity contribution in [1.29, 1.82) is 0 Å². The molecule has 0 bridgehead atoms. The fourth-order valence-electron chi connectivity index (χ4n) is 2.17. The van der Waals surface area contributed by atoms with Crippen molar-refractivity contribution in [2.75, 3.05) is 0 Å². The Morgan fingerprint density at radius 3 is 2.29 bits per heavy atom. The smallest absolute Gasteiger partial charge is 0.195 e. The molecule has 3 heteroatoms. The van der Waals surface area contributed by atoms with E-state index in [9.17, 15) is 9.18 Å². The Morgan fingerprint density at radius 2 is 1.57 bits per heavy atom. The standard InChI is InChI=1S/C18H12FNO/c19-17-7-6-15(13-8-10-20-11-9-13)12-16(17)18(21)14-4-2-1-3-5-14/h1-12H. The van der Waals surface area contributed by atoms with E-state index in [0.717, 1.165) is 11.1 Å². The lowest BCUT2D eigenvalue weighted by atomic mass is 9.98. The number of hydrogen-bond donors (Lipinski definition) is 0. The largest absolute Gasteiger partial charge is 0.288 e. The van der Waals surface area contributed by atoms with Gasteiger partial charge in [0.1, 0.15) is 5.82 Å². The Balaban J connectivity index is 2.05. The molecule has 3 aromatic rings. The first-order chi connectivity index (χ1) is 10.3. The quantitative estimate of drug-likeness (QED) is 0.674. The van der Waals surface area contributed by atoms with Crippen molar-refractivity contribution < 1.29 is 9.18 Å². The van der Waals surface area contributed by atoms with Crippen LogP contribution in [0.2, 0.25) is 0 Å². The molecule has 0 saturated heterocycles. The minimum absolute atomic E-state index is 0.0792. The molecule has 21 heavy (non-hydrogen) atoms. The summed E-state index contributed by atoms with van der Waals surface area (Å²) in [4.78, 5) is 16.4. The van der Waals surface area contributed by atoms with E-state index < -0.39 is 5.82 Å². The van der Waals surface area contributed by atoms with Crippen LogP contribution in [0.25, 0.3) is 11.1 Å². The molecule has 0 atom stereocenters. The Labute approximate surface area is 121 Å². The third-order valence-corrected chi connectivity index (χ3v) is 3.26. The van der Waals surface area contributed by atoms with E-state index in [4.69, 9.17) is 0 Å². The van der Waals surface area contributed by atoms with Crippen molar-refractivity contribution in [3.8, 4) is 11.1 Å². The van der Waals surface area contributed by atoms with E-state index in [1.165, 1.54) is 6.07 Å². The maximum absolute atomic E-state index is 14.0. The van der Waals surface area contributed by atoms with Crippen molar-refractivity contribution >= 4 is 5.78 Å². The van der Waals surface area contributed by atoms with Gasteiger partial charge in [-0.3, -0.25) is 9.78 Å². The lowest BCUT2D eigenvalue weighted by Gasteiger charge is -2.06. The van der Waals surface area contributed by atoms with Crippen LogP contribution in [-0.4, -0.2) is 10.8 Å². The third-order valence-electron chi connectivity index (χ3n) is 3.26. The van der Waals surface area contributed by atoms with Crippen LogP contribution in [0.1, 0.15) is 15.9 Å². The van der Waals surface area contributed by atoms with E-state index in [0.29, 0.717) is 5.56 Å². The topological polar surface area (TPSA) is 30.0 Å². The van der Waals surface area contributed by atoms with Gasteiger partial charge >= 0.3 is 0 Å². The first kappa shape index (κ1) is 13.2. The molecule has 0 saturated carbocycles. The van der Waals surface area contributed by atoms with Gasteiger partial charge in [0.2, 0.25) is 0 Å².